The van der Waals surface area contributed by atoms with Gasteiger partial charge in [0.05, 0.1) is 5.69 Å². The van der Waals surface area contributed by atoms with Gasteiger partial charge in [0.2, 0.25) is 0 Å². The second-order valence-corrected chi connectivity index (χ2v) is 5.91. The summed E-state index contributed by atoms with van der Waals surface area (Å²) in [5.74, 6) is 0. The zero-order valence-electron chi connectivity index (χ0n) is 14.4. The van der Waals surface area contributed by atoms with E-state index in [2.05, 4.69) is 81.5 Å². The predicted molar refractivity (Wildman–Crippen MR) is 103 cm³/mol. The third kappa shape index (κ3) is 4.07. The van der Waals surface area contributed by atoms with Crippen LogP contribution in [0.2, 0.25) is 0 Å². The van der Waals surface area contributed by atoms with Crippen molar-refractivity contribution in [2.45, 2.75) is 33.6 Å². The van der Waals surface area contributed by atoms with Gasteiger partial charge in [-0.1, -0.05) is 55.5 Å². The van der Waals surface area contributed by atoms with E-state index < -0.39 is 0 Å². The van der Waals surface area contributed by atoms with Gasteiger partial charge < -0.3 is 0 Å². The van der Waals surface area contributed by atoms with Crippen molar-refractivity contribution in [1.29, 1.82) is 0 Å². The zero-order chi connectivity index (χ0) is 16.8. The van der Waals surface area contributed by atoms with Crippen LogP contribution in [0.25, 0.3) is 11.1 Å². The van der Waals surface area contributed by atoms with Gasteiger partial charge in [-0.25, -0.2) is 0 Å². The standard InChI is InChI=1S/C22H25N/c1-6-16(2)20-12-13-22(23-5)21(15-20)18(4)17(3)14-19-10-8-7-9-11-19/h7-13,15H,2,5-6,14H2,1,3-4H3/b18-17+. The number of hydrogen-bond donors (Lipinski definition) is 0. The minimum Gasteiger partial charge on any atom is -0.264 e. The molecule has 0 aliphatic rings. The monoisotopic (exact) mass is 303 g/mol. The third-order valence-corrected chi connectivity index (χ3v) is 4.36. The first kappa shape index (κ1) is 17.0. The SMILES string of the molecule is C=Nc1ccc(C(=C)CC)cc1/C(C)=C(\C)Cc1ccccc1. The Labute approximate surface area is 140 Å². The highest BCUT2D eigenvalue weighted by molar-refractivity contribution is 5.80. The number of nitrogens with zero attached hydrogens (tertiary/aromatic N) is 1. The van der Waals surface area contributed by atoms with E-state index in [0.717, 1.165) is 29.7 Å². The Morgan fingerprint density at radius 2 is 1.74 bits per heavy atom. The second-order valence-electron chi connectivity index (χ2n) is 5.91. The largest absolute Gasteiger partial charge is 0.264 e. The fourth-order valence-corrected chi connectivity index (χ4v) is 2.66. The normalized spacial score (nSPS) is 11.8. The Kier molecular flexibility index (Phi) is 5.70. The first-order valence-corrected chi connectivity index (χ1v) is 8.06. The second kappa shape index (κ2) is 7.73. The smallest absolute Gasteiger partial charge is 0.0697 e. The minimum atomic E-state index is 0.933. The molecule has 0 aromatic heterocycles. The third-order valence-electron chi connectivity index (χ3n) is 4.36. The molecule has 1 nitrogen and oxygen atoms in total. The van der Waals surface area contributed by atoms with Crippen LogP contribution in [0, 0.1) is 0 Å². The molecule has 0 amide bonds. The molecule has 0 fully saturated rings. The van der Waals surface area contributed by atoms with Gasteiger partial charge in [-0.15, -0.1) is 0 Å². The Morgan fingerprint density at radius 3 is 2.35 bits per heavy atom. The summed E-state index contributed by atoms with van der Waals surface area (Å²) in [6, 6.07) is 16.9. The lowest BCUT2D eigenvalue weighted by atomic mass is 9.93. The highest BCUT2D eigenvalue weighted by Crippen LogP contribution is 2.32. The van der Waals surface area contributed by atoms with Crippen LogP contribution < -0.4 is 0 Å². The van der Waals surface area contributed by atoms with Crippen LogP contribution in [0.15, 0.2) is 65.7 Å². The molecule has 2 aromatic rings. The molecule has 0 unspecified atom stereocenters. The highest BCUT2D eigenvalue weighted by Gasteiger charge is 2.09. The van der Waals surface area contributed by atoms with Crippen molar-refractivity contribution in [3.05, 3.63) is 77.4 Å². The molecule has 0 saturated heterocycles. The quantitative estimate of drug-likeness (QED) is 0.542. The average molecular weight is 303 g/mol. The molecule has 0 spiro atoms. The fraction of sp³-hybridized carbons (Fsp3) is 0.227. The molecule has 0 heterocycles. The minimum absolute atomic E-state index is 0.933. The summed E-state index contributed by atoms with van der Waals surface area (Å²) < 4.78 is 0. The molecule has 2 aromatic carbocycles. The Hall–Kier alpha value is -2.41. The maximum absolute atomic E-state index is 4.19. The van der Waals surface area contributed by atoms with Crippen LogP contribution in [-0.4, -0.2) is 6.72 Å². The molecule has 0 atom stereocenters. The lowest BCUT2D eigenvalue weighted by molar-refractivity contribution is 1.14. The summed E-state index contributed by atoms with van der Waals surface area (Å²) >= 11 is 0. The van der Waals surface area contributed by atoms with Crippen molar-refractivity contribution in [2.75, 3.05) is 0 Å². The summed E-state index contributed by atoms with van der Waals surface area (Å²) in [4.78, 5) is 4.19. The molecular formula is C22H25N. The first-order chi connectivity index (χ1) is 11.1. The molecule has 0 aliphatic heterocycles. The van der Waals surface area contributed by atoms with E-state index in [1.165, 1.54) is 22.3 Å². The van der Waals surface area contributed by atoms with Crippen LogP contribution in [0.1, 0.15) is 43.9 Å². The van der Waals surface area contributed by atoms with Crippen molar-refractivity contribution in [3.63, 3.8) is 0 Å². The lowest BCUT2D eigenvalue weighted by Gasteiger charge is -2.13. The number of hydrogen-bond acceptors (Lipinski definition) is 1. The van der Waals surface area contributed by atoms with Gasteiger partial charge in [-0.2, -0.15) is 0 Å². The lowest BCUT2D eigenvalue weighted by Crippen LogP contribution is -1.93. The molecule has 23 heavy (non-hydrogen) atoms. The molecule has 0 aliphatic carbocycles. The average Bonchev–Trinajstić information content (AvgIpc) is 2.60. The van der Waals surface area contributed by atoms with Crippen molar-refractivity contribution in [3.8, 4) is 0 Å². The van der Waals surface area contributed by atoms with E-state index in [4.69, 9.17) is 0 Å². The molecule has 0 N–H and O–H groups in total. The van der Waals surface area contributed by atoms with Crippen molar-refractivity contribution in [2.24, 2.45) is 4.99 Å². The van der Waals surface area contributed by atoms with Crippen LogP contribution in [0.3, 0.4) is 0 Å². The van der Waals surface area contributed by atoms with Crippen LogP contribution in [0.5, 0.6) is 0 Å². The van der Waals surface area contributed by atoms with Crippen molar-refractivity contribution >= 4 is 23.6 Å². The molecule has 2 rings (SSSR count). The van der Waals surface area contributed by atoms with Crippen LogP contribution >= 0.6 is 0 Å². The zero-order valence-corrected chi connectivity index (χ0v) is 14.4. The number of aliphatic imine (C=N–C) groups is 1. The number of rotatable bonds is 6. The van der Waals surface area contributed by atoms with E-state index >= 15 is 0 Å². The van der Waals surface area contributed by atoms with E-state index in [9.17, 15) is 0 Å². The van der Waals surface area contributed by atoms with Gasteiger partial charge in [-0.3, -0.25) is 4.99 Å². The summed E-state index contributed by atoms with van der Waals surface area (Å²) in [6.45, 7) is 14.4. The van der Waals surface area contributed by atoms with Gasteiger partial charge in [0, 0.05) is 5.56 Å². The maximum atomic E-state index is 4.19. The number of allylic oxidation sites excluding steroid dienone is 3. The predicted octanol–water partition coefficient (Wildman–Crippen LogP) is 6.48. The van der Waals surface area contributed by atoms with Gasteiger partial charge >= 0.3 is 0 Å². The van der Waals surface area contributed by atoms with E-state index in [1.54, 1.807) is 0 Å². The van der Waals surface area contributed by atoms with Gasteiger partial charge in [0.1, 0.15) is 0 Å². The van der Waals surface area contributed by atoms with E-state index in [0.29, 0.717) is 0 Å². The van der Waals surface area contributed by atoms with Crippen molar-refractivity contribution < 1.29 is 0 Å². The highest BCUT2D eigenvalue weighted by atomic mass is 14.7. The molecule has 0 saturated carbocycles. The molecule has 0 bridgehead atoms. The van der Waals surface area contributed by atoms with Crippen LogP contribution in [-0.2, 0) is 6.42 Å². The van der Waals surface area contributed by atoms with Gasteiger partial charge in [0.25, 0.3) is 0 Å². The van der Waals surface area contributed by atoms with Crippen molar-refractivity contribution in [1.82, 2.24) is 0 Å². The Morgan fingerprint density at radius 1 is 1.04 bits per heavy atom. The molecule has 118 valence electrons. The summed E-state index contributed by atoms with van der Waals surface area (Å²) in [5, 5.41) is 0. The Bertz CT molecular complexity index is 736. The Balaban J connectivity index is 2.43. The molecule has 0 radical (unpaired) electrons. The van der Waals surface area contributed by atoms with Gasteiger partial charge in [0.15, 0.2) is 0 Å². The topological polar surface area (TPSA) is 12.4 Å². The van der Waals surface area contributed by atoms with E-state index in [-0.39, 0.29) is 0 Å². The first-order valence-electron chi connectivity index (χ1n) is 8.06. The van der Waals surface area contributed by atoms with E-state index in [1.807, 2.05) is 6.07 Å². The summed E-state index contributed by atoms with van der Waals surface area (Å²) in [5.41, 5.74) is 8.36. The molecular weight excluding hydrogens is 278 g/mol. The fourth-order valence-electron chi connectivity index (χ4n) is 2.66. The van der Waals surface area contributed by atoms with Crippen LogP contribution in [0.4, 0.5) is 5.69 Å². The number of benzene rings is 2. The summed E-state index contributed by atoms with van der Waals surface area (Å²) in [6.07, 6.45) is 1.90. The summed E-state index contributed by atoms with van der Waals surface area (Å²) in [7, 11) is 0. The maximum Gasteiger partial charge on any atom is 0.0697 e. The van der Waals surface area contributed by atoms with Gasteiger partial charge in [-0.05, 0) is 67.8 Å². The molecule has 1 heteroatoms.